The fraction of sp³-hybridized carbons (Fsp3) is 0.286. The van der Waals surface area contributed by atoms with Crippen LogP contribution in [0.25, 0.3) is 0 Å². The Hall–Kier alpha value is -3.22. The van der Waals surface area contributed by atoms with Crippen molar-refractivity contribution in [3.05, 3.63) is 66.1 Å². The molecule has 0 aliphatic carbocycles. The molecular formula is C21H23FN6. The molecule has 0 saturated carbocycles. The first-order valence-corrected chi connectivity index (χ1v) is 9.56. The van der Waals surface area contributed by atoms with Crippen molar-refractivity contribution in [1.29, 1.82) is 0 Å². The van der Waals surface area contributed by atoms with Crippen molar-refractivity contribution in [1.82, 2.24) is 15.2 Å². The highest BCUT2D eigenvalue weighted by atomic mass is 19.1. The van der Waals surface area contributed by atoms with Gasteiger partial charge < -0.3 is 15.5 Å². The number of rotatable bonds is 7. The summed E-state index contributed by atoms with van der Waals surface area (Å²) in [6, 6.07) is 14.8. The molecule has 2 aromatic carbocycles. The van der Waals surface area contributed by atoms with Gasteiger partial charge in [-0.15, -0.1) is 5.10 Å². The number of hydrogen-bond acceptors (Lipinski definition) is 6. The first kappa shape index (κ1) is 18.2. The maximum atomic E-state index is 12.9. The molecular weight excluding hydrogens is 355 g/mol. The Morgan fingerprint density at radius 3 is 2.46 bits per heavy atom. The van der Waals surface area contributed by atoms with Gasteiger partial charge in [0.15, 0.2) is 5.82 Å². The molecule has 1 saturated heterocycles. The molecule has 0 spiro atoms. The zero-order valence-electron chi connectivity index (χ0n) is 15.6. The summed E-state index contributed by atoms with van der Waals surface area (Å²) in [4.78, 5) is 6.84. The second-order valence-electron chi connectivity index (χ2n) is 6.83. The van der Waals surface area contributed by atoms with Gasteiger partial charge in [0.1, 0.15) is 5.82 Å². The van der Waals surface area contributed by atoms with Crippen molar-refractivity contribution in [3.63, 3.8) is 0 Å². The summed E-state index contributed by atoms with van der Waals surface area (Å²) < 4.78 is 12.9. The predicted octanol–water partition coefficient (Wildman–Crippen LogP) is 4.01. The maximum Gasteiger partial charge on any atom is 0.249 e. The smallest absolute Gasteiger partial charge is 0.249 e. The Morgan fingerprint density at radius 2 is 1.71 bits per heavy atom. The topological polar surface area (TPSA) is 66.0 Å². The predicted molar refractivity (Wildman–Crippen MR) is 110 cm³/mol. The van der Waals surface area contributed by atoms with Gasteiger partial charge in [0.2, 0.25) is 5.95 Å². The van der Waals surface area contributed by atoms with Crippen LogP contribution in [0.15, 0.2) is 54.7 Å². The second-order valence-corrected chi connectivity index (χ2v) is 6.83. The lowest BCUT2D eigenvalue weighted by atomic mass is 10.1. The Labute approximate surface area is 163 Å². The van der Waals surface area contributed by atoms with Crippen molar-refractivity contribution < 1.29 is 4.39 Å². The highest BCUT2D eigenvalue weighted by Gasteiger charge is 2.12. The van der Waals surface area contributed by atoms with Gasteiger partial charge >= 0.3 is 0 Å². The van der Waals surface area contributed by atoms with Gasteiger partial charge in [0, 0.05) is 31.0 Å². The summed E-state index contributed by atoms with van der Waals surface area (Å²) in [5, 5.41) is 14.5. The molecule has 0 amide bonds. The third-order valence-corrected chi connectivity index (χ3v) is 4.79. The summed E-state index contributed by atoms with van der Waals surface area (Å²) in [6.07, 6.45) is 4.89. The van der Waals surface area contributed by atoms with Gasteiger partial charge in [-0.1, -0.05) is 12.1 Å². The quantitative estimate of drug-likeness (QED) is 0.648. The van der Waals surface area contributed by atoms with Crippen molar-refractivity contribution in [2.75, 3.05) is 35.2 Å². The second kappa shape index (κ2) is 8.65. The molecule has 0 radical (unpaired) electrons. The molecule has 144 valence electrons. The van der Waals surface area contributed by atoms with Crippen LogP contribution in [-0.4, -0.2) is 34.8 Å². The van der Waals surface area contributed by atoms with Gasteiger partial charge in [0.05, 0.1) is 6.20 Å². The van der Waals surface area contributed by atoms with E-state index in [0.29, 0.717) is 18.3 Å². The number of nitrogens with zero attached hydrogens (tertiary/aromatic N) is 4. The Balaban J connectivity index is 1.32. The Bertz CT molecular complexity index is 892. The normalized spacial score (nSPS) is 13.5. The van der Waals surface area contributed by atoms with Crippen LogP contribution < -0.4 is 15.5 Å². The summed E-state index contributed by atoms with van der Waals surface area (Å²) in [7, 11) is 0. The van der Waals surface area contributed by atoms with E-state index in [9.17, 15) is 4.39 Å². The van der Waals surface area contributed by atoms with Crippen LogP contribution in [0.2, 0.25) is 0 Å². The maximum absolute atomic E-state index is 12.9. The molecule has 0 atom stereocenters. The minimum absolute atomic E-state index is 0.221. The molecule has 0 unspecified atom stereocenters. The van der Waals surface area contributed by atoms with Gasteiger partial charge in [-0.2, -0.15) is 10.1 Å². The summed E-state index contributed by atoms with van der Waals surface area (Å²) in [5.41, 5.74) is 3.24. The molecule has 2 heterocycles. The van der Waals surface area contributed by atoms with E-state index in [2.05, 4.69) is 42.8 Å². The van der Waals surface area contributed by atoms with E-state index in [1.165, 1.54) is 30.7 Å². The van der Waals surface area contributed by atoms with Crippen molar-refractivity contribution in [2.45, 2.75) is 19.3 Å². The largest absolute Gasteiger partial charge is 0.372 e. The number of aromatic nitrogens is 3. The minimum atomic E-state index is -0.221. The van der Waals surface area contributed by atoms with Gasteiger partial charge in [-0.25, -0.2) is 4.39 Å². The van der Waals surface area contributed by atoms with E-state index in [0.717, 1.165) is 30.8 Å². The first-order chi connectivity index (χ1) is 13.8. The van der Waals surface area contributed by atoms with Gasteiger partial charge in [0.25, 0.3) is 0 Å². The fourth-order valence-electron chi connectivity index (χ4n) is 3.29. The molecule has 1 aliphatic rings. The van der Waals surface area contributed by atoms with Gasteiger partial charge in [-0.3, -0.25) is 0 Å². The monoisotopic (exact) mass is 378 g/mol. The zero-order chi connectivity index (χ0) is 19.2. The SMILES string of the molecule is Fc1ccc(CCNc2cnnc(Nc3ccc(N4CCCC4)cc3)n2)cc1. The molecule has 1 fully saturated rings. The minimum Gasteiger partial charge on any atom is -0.372 e. The lowest BCUT2D eigenvalue weighted by Crippen LogP contribution is -2.17. The molecule has 4 rings (SSSR count). The van der Waals surface area contributed by atoms with Crippen molar-refractivity contribution >= 4 is 23.1 Å². The van der Waals surface area contributed by atoms with Crippen molar-refractivity contribution in [2.24, 2.45) is 0 Å². The molecule has 7 heteroatoms. The van der Waals surface area contributed by atoms with E-state index >= 15 is 0 Å². The molecule has 0 bridgehead atoms. The van der Waals surface area contributed by atoms with Crippen LogP contribution in [0.4, 0.5) is 27.5 Å². The standard InChI is InChI=1S/C21H23FN6/c22-17-5-3-16(4-6-17)11-12-23-20-15-24-27-21(26-20)25-18-7-9-19(10-8-18)28-13-1-2-14-28/h3-10,15H,1-2,11-14H2,(H2,23,25,26,27). The first-order valence-electron chi connectivity index (χ1n) is 9.56. The average Bonchev–Trinajstić information content (AvgIpc) is 3.25. The third kappa shape index (κ3) is 4.73. The highest BCUT2D eigenvalue weighted by molar-refractivity contribution is 5.59. The number of halogens is 1. The lowest BCUT2D eigenvalue weighted by Gasteiger charge is -2.17. The van der Waals surface area contributed by atoms with E-state index in [4.69, 9.17) is 0 Å². The summed E-state index contributed by atoms with van der Waals surface area (Å²) in [5.74, 6) is 0.870. The van der Waals surface area contributed by atoms with Crippen LogP contribution in [0, 0.1) is 5.82 Å². The van der Waals surface area contributed by atoms with E-state index in [-0.39, 0.29) is 5.82 Å². The van der Waals surface area contributed by atoms with Crippen LogP contribution >= 0.6 is 0 Å². The summed E-state index contributed by atoms with van der Waals surface area (Å²) >= 11 is 0. The van der Waals surface area contributed by atoms with E-state index < -0.39 is 0 Å². The van der Waals surface area contributed by atoms with Crippen LogP contribution in [0.1, 0.15) is 18.4 Å². The zero-order valence-corrected chi connectivity index (χ0v) is 15.6. The van der Waals surface area contributed by atoms with Crippen LogP contribution in [-0.2, 0) is 6.42 Å². The molecule has 28 heavy (non-hydrogen) atoms. The molecule has 2 N–H and O–H groups in total. The molecule has 1 aliphatic heterocycles. The third-order valence-electron chi connectivity index (χ3n) is 4.79. The van der Waals surface area contributed by atoms with Crippen molar-refractivity contribution in [3.8, 4) is 0 Å². The van der Waals surface area contributed by atoms with E-state index in [1.807, 2.05) is 12.1 Å². The number of benzene rings is 2. The van der Waals surface area contributed by atoms with E-state index in [1.54, 1.807) is 18.3 Å². The highest BCUT2D eigenvalue weighted by Crippen LogP contribution is 2.23. The van der Waals surface area contributed by atoms with Gasteiger partial charge in [-0.05, 0) is 61.2 Å². The molecule has 6 nitrogen and oxygen atoms in total. The lowest BCUT2D eigenvalue weighted by molar-refractivity contribution is 0.627. The van der Waals surface area contributed by atoms with Crippen LogP contribution in [0.3, 0.4) is 0 Å². The Morgan fingerprint density at radius 1 is 0.964 bits per heavy atom. The summed E-state index contributed by atoms with van der Waals surface area (Å²) in [6.45, 7) is 2.94. The number of hydrogen-bond donors (Lipinski definition) is 2. The number of nitrogens with one attached hydrogen (secondary N) is 2. The fourth-order valence-corrected chi connectivity index (χ4v) is 3.29. The molecule has 1 aromatic heterocycles. The van der Waals surface area contributed by atoms with Crippen LogP contribution in [0.5, 0.6) is 0 Å². The number of anilines is 4. The average molecular weight is 378 g/mol. The Kier molecular flexibility index (Phi) is 5.61. The molecule has 3 aromatic rings.